The minimum Gasteiger partial charge on any atom is -0.481 e. The van der Waals surface area contributed by atoms with E-state index in [-0.39, 0.29) is 17.9 Å². The lowest BCUT2D eigenvalue weighted by atomic mass is 9.97. The van der Waals surface area contributed by atoms with Gasteiger partial charge in [0, 0.05) is 4.88 Å². The van der Waals surface area contributed by atoms with E-state index in [1.807, 2.05) is 0 Å². The average molecular weight is 376 g/mol. The van der Waals surface area contributed by atoms with Crippen molar-refractivity contribution in [2.75, 3.05) is 5.75 Å². The predicted octanol–water partition coefficient (Wildman–Crippen LogP) is 3.15. The van der Waals surface area contributed by atoms with Crippen molar-refractivity contribution in [3.8, 4) is 0 Å². The van der Waals surface area contributed by atoms with E-state index in [9.17, 15) is 9.59 Å². The van der Waals surface area contributed by atoms with Gasteiger partial charge in [-0.15, -0.1) is 11.3 Å². The summed E-state index contributed by atoms with van der Waals surface area (Å²) in [7, 11) is 0. The van der Waals surface area contributed by atoms with E-state index >= 15 is 0 Å². The number of carboxylic acids is 1. The summed E-state index contributed by atoms with van der Waals surface area (Å²) in [6, 6.07) is 3.56. The van der Waals surface area contributed by atoms with Crippen LogP contribution in [0.25, 0.3) is 10.2 Å². The summed E-state index contributed by atoms with van der Waals surface area (Å²) >= 11 is 2.64. The number of aromatic nitrogens is 2. The van der Waals surface area contributed by atoms with Gasteiger partial charge in [-0.2, -0.15) is 0 Å². The molecule has 0 spiro atoms. The molecule has 1 N–H and O–H groups in total. The maximum absolute atomic E-state index is 13.2. The summed E-state index contributed by atoms with van der Waals surface area (Å²) in [4.78, 5) is 30.7. The van der Waals surface area contributed by atoms with E-state index < -0.39 is 5.97 Å². The fraction of sp³-hybridized carbons (Fsp3) is 0.353. The Kier molecular flexibility index (Phi) is 4.39. The molecule has 3 aromatic rings. The number of fused-ring (bicyclic) bond motifs is 3. The third-order valence-corrected chi connectivity index (χ3v) is 6.41. The number of hydrogen-bond donors (Lipinski definition) is 1. The molecule has 4 rings (SSSR count). The summed E-state index contributed by atoms with van der Waals surface area (Å²) in [5.74, 6) is -0.430. The Balaban J connectivity index is 1.88. The SMILES string of the molecule is O=C(O)CSc1nc2sc3c(c2c(=O)n1Cc1ccco1)CCCC3. The molecule has 6 nitrogen and oxygen atoms in total. The third kappa shape index (κ3) is 3.11. The highest BCUT2D eigenvalue weighted by atomic mass is 32.2. The average Bonchev–Trinajstić information content (AvgIpc) is 3.22. The van der Waals surface area contributed by atoms with Gasteiger partial charge in [-0.1, -0.05) is 11.8 Å². The molecule has 0 fully saturated rings. The molecule has 3 aromatic heterocycles. The Morgan fingerprint density at radius 3 is 3.00 bits per heavy atom. The molecular formula is C17H16N2O4S2. The second kappa shape index (κ2) is 6.68. The van der Waals surface area contributed by atoms with Gasteiger partial charge in [0.25, 0.3) is 5.56 Å². The summed E-state index contributed by atoms with van der Waals surface area (Å²) in [6.07, 6.45) is 5.69. The molecule has 8 heteroatoms. The Labute approximate surface area is 151 Å². The number of carbonyl (C=O) groups is 1. The van der Waals surface area contributed by atoms with Gasteiger partial charge < -0.3 is 9.52 Å². The van der Waals surface area contributed by atoms with Crippen LogP contribution >= 0.6 is 23.1 Å². The topological polar surface area (TPSA) is 85.3 Å². The van der Waals surface area contributed by atoms with Crippen LogP contribution < -0.4 is 5.56 Å². The van der Waals surface area contributed by atoms with Crippen LogP contribution in [0.5, 0.6) is 0 Å². The van der Waals surface area contributed by atoms with Gasteiger partial charge in [0.05, 0.1) is 23.9 Å². The number of aryl methyl sites for hydroxylation is 2. The van der Waals surface area contributed by atoms with E-state index in [4.69, 9.17) is 9.52 Å². The van der Waals surface area contributed by atoms with Gasteiger partial charge in [0.15, 0.2) is 5.16 Å². The highest BCUT2D eigenvalue weighted by Gasteiger charge is 2.22. The van der Waals surface area contributed by atoms with Crippen molar-refractivity contribution >= 4 is 39.3 Å². The van der Waals surface area contributed by atoms with Gasteiger partial charge in [-0.25, -0.2) is 4.98 Å². The zero-order valence-corrected chi connectivity index (χ0v) is 15.0. The molecule has 130 valence electrons. The Morgan fingerprint density at radius 1 is 1.40 bits per heavy atom. The van der Waals surface area contributed by atoms with Crippen LogP contribution in [-0.4, -0.2) is 26.4 Å². The lowest BCUT2D eigenvalue weighted by Crippen LogP contribution is -2.24. The van der Waals surface area contributed by atoms with Gasteiger partial charge in [-0.3, -0.25) is 14.2 Å². The first-order valence-corrected chi connectivity index (χ1v) is 9.86. The molecule has 0 unspecified atom stereocenters. The maximum Gasteiger partial charge on any atom is 0.313 e. The molecule has 0 amide bonds. The zero-order chi connectivity index (χ0) is 17.4. The fourth-order valence-corrected chi connectivity index (χ4v) is 5.18. The van der Waals surface area contributed by atoms with Gasteiger partial charge in [0.1, 0.15) is 10.6 Å². The minimum atomic E-state index is -0.936. The first-order valence-electron chi connectivity index (χ1n) is 8.05. The van der Waals surface area contributed by atoms with E-state index in [1.165, 1.54) is 9.44 Å². The monoisotopic (exact) mass is 376 g/mol. The molecule has 25 heavy (non-hydrogen) atoms. The van der Waals surface area contributed by atoms with Gasteiger partial charge in [0.2, 0.25) is 0 Å². The number of carboxylic acid groups (broad SMARTS) is 1. The number of furan rings is 1. The van der Waals surface area contributed by atoms with Crippen molar-refractivity contribution in [2.45, 2.75) is 37.4 Å². The molecular weight excluding hydrogens is 360 g/mol. The highest BCUT2D eigenvalue weighted by molar-refractivity contribution is 7.99. The molecule has 3 heterocycles. The van der Waals surface area contributed by atoms with Crippen LogP contribution in [0.15, 0.2) is 32.8 Å². The number of rotatable bonds is 5. The van der Waals surface area contributed by atoms with E-state index in [0.717, 1.165) is 47.8 Å². The number of aliphatic carboxylic acids is 1. The molecule has 0 saturated heterocycles. The fourth-order valence-electron chi connectivity index (χ4n) is 3.15. The Bertz CT molecular complexity index is 988. The predicted molar refractivity (Wildman–Crippen MR) is 96.7 cm³/mol. The van der Waals surface area contributed by atoms with Crippen LogP contribution in [-0.2, 0) is 24.2 Å². The number of hydrogen-bond acceptors (Lipinski definition) is 6. The van der Waals surface area contributed by atoms with E-state index in [1.54, 1.807) is 29.7 Å². The summed E-state index contributed by atoms with van der Waals surface area (Å²) < 4.78 is 6.91. The minimum absolute atomic E-state index is 0.103. The quantitative estimate of drug-likeness (QED) is 0.544. The Morgan fingerprint density at radius 2 is 2.24 bits per heavy atom. The van der Waals surface area contributed by atoms with Crippen molar-refractivity contribution in [3.63, 3.8) is 0 Å². The second-order valence-corrected chi connectivity index (χ2v) is 7.96. The molecule has 0 atom stereocenters. The van der Waals surface area contributed by atoms with Crippen LogP contribution in [0.2, 0.25) is 0 Å². The molecule has 0 radical (unpaired) electrons. The van der Waals surface area contributed by atoms with Crippen LogP contribution in [0.3, 0.4) is 0 Å². The van der Waals surface area contributed by atoms with E-state index in [0.29, 0.717) is 16.3 Å². The van der Waals surface area contributed by atoms with Gasteiger partial charge >= 0.3 is 5.97 Å². The molecule has 0 aliphatic heterocycles. The van der Waals surface area contributed by atoms with Crippen molar-refractivity contribution < 1.29 is 14.3 Å². The number of thioether (sulfide) groups is 1. The third-order valence-electron chi connectivity index (χ3n) is 4.26. The normalized spacial score (nSPS) is 13.9. The largest absolute Gasteiger partial charge is 0.481 e. The lowest BCUT2D eigenvalue weighted by molar-refractivity contribution is -0.133. The first kappa shape index (κ1) is 16.4. The summed E-state index contributed by atoms with van der Waals surface area (Å²) in [6.45, 7) is 0.251. The highest BCUT2D eigenvalue weighted by Crippen LogP contribution is 2.34. The van der Waals surface area contributed by atoms with Crippen molar-refractivity contribution in [1.82, 2.24) is 9.55 Å². The number of thiophene rings is 1. The first-order chi connectivity index (χ1) is 12.1. The molecule has 0 aromatic carbocycles. The van der Waals surface area contributed by atoms with E-state index in [2.05, 4.69) is 4.98 Å². The number of nitrogens with zero attached hydrogens (tertiary/aromatic N) is 2. The maximum atomic E-state index is 13.2. The zero-order valence-electron chi connectivity index (χ0n) is 13.4. The summed E-state index contributed by atoms with van der Waals surface area (Å²) in [5, 5.41) is 10.1. The Hall–Kier alpha value is -2.06. The van der Waals surface area contributed by atoms with Crippen molar-refractivity contribution in [1.29, 1.82) is 0 Å². The summed E-state index contributed by atoms with van der Waals surface area (Å²) in [5.41, 5.74) is 1.03. The lowest BCUT2D eigenvalue weighted by Gasteiger charge is -2.12. The van der Waals surface area contributed by atoms with Crippen molar-refractivity contribution in [2.24, 2.45) is 0 Å². The molecule has 1 aliphatic rings. The van der Waals surface area contributed by atoms with Crippen molar-refractivity contribution in [3.05, 3.63) is 45.0 Å². The second-order valence-electron chi connectivity index (χ2n) is 5.94. The molecule has 1 aliphatic carbocycles. The molecule has 0 saturated carbocycles. The smallest absolute Gasteiger partial charge is 0.313 e. The molecule has 0 bridgehead atoms. The van der Waals surface area contributed by atoms with Crippen LogP contribution in [0.4, 0.5) is 0 Å². The standard InChI is InChI=1S/C17H16N2O4S2/c20-13(21)9-24-17-18-15-14(11-5-1-2-6-12(11)25-15)16(22)19(17)8-10-4-3-7-23-10/h3-4,7H,1-2,5-6,8-9H2,(H,20,21). The van der Waals surface area contributed by atoms with Crippen LogP contribution in [0.1, 0.15) is 29.0 Å². The van der Waals surface area contributed by atoms with Crippen LogP contribution in [0, 0.1) is 0 Å². The van der Waals surface area contributed by atoms with Gasteiger partial charge in [-0.05, 0) is 43.4 Å².